The van der Waals surface area contributed by atoms with Crippen LogP contribution in [-0.4, -0.2) is 91.4 Å². The first-order valence-corrected chi connectivity index (χ1v) is 17.0. The molecular weight excluding hydrogens is 722 g/mol. The van der Waals surface area contributed by atoms with Crippen LogP contribution in [0.5, 0.6) is 0 Å². The van der Waals surface area contributed by atoms with E-state index in [9.17, 15) is 33.9 Å². The zero-order valence-electron chi connectivity index (χ0n) is 33.0. The van der Waals surface area contributed by atoms with E-state index in [1.54, 1.807) is 72.7 Å². The van der Waals surface area contributed by atoms with Gasteiger partial charge in [-0.25, -0.2) is 19.2 Å². The van der Waals surface area contributed by atoms with Crippen LogP contribution in [0.3, 0.4) is 0 Å². The second-order valence-electron chi connectivity index (χ2n) is 15.1. The fourth-order valence-corrected chi connectivity index (χ4v) is 6.07. The monoisotopic (exact) mass is 772 g/mol. The van der Waals surface area contributed by atoms with Crippen LogP contribution in [0.4, 0.5) is 9.59 Å². The average molecular weight is 773 g/mol. The SMILES string of the molecule is C[C@H]1CN(C(=O)OCc2ccccc2)[C@@]1(CC(=O)O)C(=O)O.C[C@H]1CN(C(=O)OCc2ccccc2)[C@@]1(CC(=O)OC(C)(C)C)C(=O)OC(C)(C)C.[Na+].[Na+]. The maximum Gasteiger partial charge on any atom is 1.00 e. The third-order valence-corrected chi connectivity index (χ3v) is 8.74. The summed E-state index contributed by atoms with van der Waals surface area (Å²) in [7, 11) is 0. The van der Waals surface area contributed by atoms with Crippen molar-refractivity contribution in [1.29, 1.82) is 0 Å². The number of hydrogen-bond acceptors (Lipinski definition) is 10. The zero-order valence-corrected chi connectivity index (χ0v) is 37.0. The van der Waals surface area contributed by atoms with Gasteiger partial charge in [-0.3, -0.25) is 19.4 Å². The first-order chi connectivity index (χ1) is 24.1. The summed E-state index contributed by atoms with van der Waals surface area (Å²) < 4.78 is 21.5. The largest absolute Gasteiger partial charge is 1.00 e. The van der Waals surface area contributed by atoms with Gasteiger partial charge in [-0.15, -0.1) is 0 Å². The number of carboxylic acid groups (broad SMARTS) is 2. The smallest absolute Gasteiger partial charge is 0.481 e. The Labute approximate surface area is 360 Å². The minimum atomic E-state index is -1.74. The van der Waals surface area contributed by atoms with Crippen molar-refractivity contribution < 1.29 is 117 Å². The van der Waals surface area contributed by atoms with Gasteiger partial charge in [-0.1, -0.05) is 74.5 Å². The molecule has 0 radical (unpaired) electrons. The first kappa shape index (κ1) is 48.9. The predicted octanol–water partition coefficient (Wildman–Crippen LogP) is -0.332. The van der Waals surface area contributed by atoms with E-state index in [0.717, 1.165) is 16.0 Å². The van der Waals surface area contributed by atoms with Crippen molar-refractivity contribution in [2.75, 3.05) is 13.1 Å². The van der Waals surface area contributed by atoms with Crippen molar-refractivity contribution >= 4 is 36.1 Å². The molecule has 2 heterocycles. The summed E-state index contributed by atoms with van der Waals surface area (Å²) in [6.45, 7) is 14.4. The summed E-state index contributed by atoms with van der Waals surface area (Å²) in [5, 5.41) is 18.3. The molecule has 2 fully saturated rings. The molecule has 0 bridgehead atoms. The molecule has 0 aromatic heterocycles. The fraction of sp³-hybridized carbons (Fsp3) is 0.526. The summed E-state index contributed by atoms with van der Waals surface area (Å²) >= 11 is 0. The Hall–Kier alpha value is -3.14. The quantitative estimate of drug-likeness (QED) is 0.182. The minimum Gasteiger partial charge on any atom is -0.481 e. The third-order valence-electron chi connectivity index (χ3n) is 8.74. The van der Waals surface area contributed by atoms with Crippen molar-refractivity contribution in [3.63, 3.8) is 0 Å². The van der Waals surface area contributed by atoms with E-state index in [2.05, 4.69) is 0 Å². The van der Waals surface area contributed by atoms with Gasteiger partial charge in [0.25, 0.3) is 0 Å². The predicted molar refractivity (Wildman–Crippen MR) is 187 cm³/mol. The van der Waals surface area contributed by atoms with Gasteiger partial charge in [-0.05, 0) is 52.7 Å². The number of carbonyl (C=O) groups is 6. The molecule has 2 saturated heterocycles. The van der Waals surface area contributed by atoms with Crippen LogP contribution in [0.2, 0.25) is 0 Å². The van der Waals surface area contributed by atoms with Gasteiger partial charge in [-0.2, -0.15) is 0 Å². The Morgan fingerprint density at radius 2 is 1.04 bits per heavy atom. The summed E-state index contributed by atoms with van der Waals surface area (Å²) in [5.74, 6) is -4.54. The van der Waals surface area contributed by atoms with Crippen LogP contribution in [0.15, 0.2) is 60.7 Å². The molecular formula is C38H50N2Na2O12+2. The number of nitrogens with zero attached hydrogens (tertiary/aromatic N) is 2. The zero-order chi connectivity index (χ0) is 39.1. The number of hydrogen-bond donors (Lipinski definition) is 2. The molecule has 16 heteroatoms. The Balaban J connectivity index is 0.000000543. The molecule has 284 valence electrons. The number of esters is 2. The van der Waals surface area contributed by atoms with E-state index in [4.69, 9.17) is 24.1 Å². The number of likely N-dealkylation sites (tertiary alicyclic amines) is 2. The Bertz CT molecular complexity index is 1610. The second kappa shape index (κ2) is 20.1. The van der Waals surface area contributed by atoms with E-state index < -0.39 is 70.7 Å². The average Bonchev–Trinajstić information content (AvgIpc) is 3.04. The normalized spacial score (nSPS) is 21.5. The summed E-state index contributed by atoms with van der Waals surface area (Å²) in [6, 6.07) is 18.2. The van der Waals surface area contributed by atoms with Crippen LogP contribution in [0.25, 0.3) is 0 Å². The van der Waals surface area contributed by atoms with Crippen molar-refractivity contribution in [2.24, 2.45) is 11.8 Å². The molecule has 0 aliphatic carbocycles. The Morgan fingerprint density at radius 3 is 1.37 bits per heavy atom. The minimum absolute atomic E-state index is 0. The van der Waals surface area contributed by atoms with Gasteiger partial charge in [0.05, 0.1) is 12.8 Å². The number of ether oxygens (including phenoxy) is 4. The molecule has 2 aromatic carbocycles. The Kier molecular flexibility index (Phi) is 18.2. The summed E-state index contributed by atoms with van der Waals surface area (Å²) in [4.78, 5) is 75.5. The van der Waals surface area contributed by atoms with E-state index in [1.807, 2.05) is 43.3 Å². The van der Waals surface area contributed by atoms with Crippen molar-refractivity contribution in [3.8, 4) is 0 Å². The molecule has 0 spiro atoms. The van der Waals surface area contributed by atoms with Crippen LogP contribution in [0.1, 0.15) is 79.4 Å². The number of carbonyl (C=O) groups excluding carboxylic acids is 4. The third kappa shape index (κ3) is 12.4. The topological polar surface area (TPSA) is 186 Å². The molecule has 54 heavy (non-hydrogen) atoms. The standard InChI is InChI=1S/C23H33NO6.C15H17NO6.2Na/c1-16-14-24(20(27)28-15-17-11-9-8-10-12-17)23(16,19(26)30-22(5,6)7)13-18(25)29-21(2,3)4;1-10-8-16(15(10,13(19)20)7-12(17)18)14(21)22-9-11-5-3-2-4-6-11;;/h8-12,16H,13-15H2,1-7H3;2-6,10H,7-9H2,1H3,(H,17,18)(H,19,20);;/q;;2*+1/t16-,23+;10-,15+;;/m00../s1. The van der Waals surface area contributed by atoms with Gasteiger partial charge >= 0.3 is 95.2 Å². The molecule has 4 rings (SSSR count). The number of aliphatic carboxylic acids is 2. The molecule has 0 unspecified atom stereocenters. The number of benzene rings is 2. The van der Waals surface area contributed by atoms with Gasteiger partial charge in [0, 0.05) is 24.9 Å². The maximum atomic E-state index is 13.2. The van der Waals surface area contributed by atoms with Gasteiger partial charge in [0.1, 0.15) is 24.4 Å². The number of amides is 2. The number of rotatable bonds is 10. The van der Waals surface area contributed by atoms with Crippen LogP contribution >= 0.6 is 0 Å². The fourth-order valence-electron chi connectivity index (χ4n) is 6.07. The maximum absolute atomic E-state index is 13.2. The van der Waals surface area contributed by atoms with Crippen molar-refractivity contribution in [3.05, 3.63) is 71.8 Å². The van der Waals surface area contributed by atoms with Crippen molar-refractivity contribution in [1.82, 2.24) is 9.80 Å². The van der Waals surface area contributed by atoms with E-state index >= 15 is 0 Å². The van der Waals surface area contributed by atoms with Gasteiger partial charge in [0.15, 0.2) is 11.1 Å². The molecule has 4 atom stereocenters. The molecule has 2 N–H and O–H groups in total. The molecule has 2 aromatic rings. The van der Waals surface area contributed by atoms with E-state index in [-0.39, 0.29) is 97.8 Å². The summed E-state index contributed by atoms with van der Waals surface area (Å²) in [6.07, 6.45) is -2.41. The molecule has 2 amide bonds. The van der Waals surface area contributed by atoms with Crippen LogP contribution < -0.4 is 59.1 Å². The van der Waals surface area contributed by atoms with Crippen LogP contribution in [0, 0.1) is 11.8 Å². The van der Waals surface area contributed by atoms with E-state index in [0.29, 0.717) is 0 Å². The molecule has 2 aliphatic heterocycles. The number of carboxylic acids is 2. The van der Waals surface area contributed by atoms with Gasteiger partial charge in [0.2, 0.25) is 0 Å². The van der Waals surface area contributed by atoms with Crippen molar-refractivity contribution in [2.45, 2.75) is 104 Å². The molecule has 14 nitrogen and oxygen atoms in total. The Morgan fingerprint density at radius 1 is 0.648 bits per heavy atom. The molecule has 0 saturated carbocycles. The van der Waals surface area contributed by atoms with Crippen LogP contribution in [-0.2, 0) is 51.3 Å². The van der Waals surface area contributed by atoms with Gasteiger partial charge < -0.3 is 29.2 Å². The molecule has 2 aliphatic rings. The van der Waals surface area contributed by atoms with E-state index in [1.165, 1.54) is 4.90 Å². The summed E-state index contributed by atoms with van der Waals surface area (Å²) in [5.41, 5.74) is -3.08. The first-order valence-electron chi connectivity index (χ1n) is 17.0. The second-order valence-corrected chi connectivity index (χ2v) is 15.1.